The second-order valence-electron chi connectivity index (χ2n) is 4.39. The van der Waals surface area contributed by atoms with E-state index in [-0.39, 0.29) is 17.9 Å². The lowest BCUT2D eigenvalue weighted by molar-refractivity contribution is -0.141. The molecule has 0 fully saturated rings. The molecule has 1 rings (SSSR count). The smallest absolute Gasteiger partial charge is 0.305 e. The Balaban J connectivity index is 2.67. The van der Waals surface area contributed by atoms with Gasteiger partial charge in [0.05, 0.1) is 7.11 Å². The van der Waals surface area contributed by atoms with E-state index < -0.39 is 0 Å². The highest BCUT2D eigenvalue weighted by molar-refractivity contribution is 9.11. The normalized spacial score (nSPS) is 14.1. The van der Waals surface area contributed by atoms with Crippen LogP contribution in [0, 0.1) is 5.92 Å². The summed E-state index contributed by atoms with van der Waals surface area (Å²) in [4.78, 5) is 11.2. The first-order chi connectivity index (χ1) is 8.43. The fourth-order valence-corrected chi connectivity index (χ4v) is 2.73. The molecule has 2 unspecified atom stereocenters. The van der Waals surface area contributed by atoms with Gasteiger partial charge in [-0.1, -0.05) is 38.8 Å². The van der Waals surface area contributed by atoms with E-state index in [1.807, 2.05) is 25.1 Å². The van der Waals surface area contributed by atoms with Crippen molar-refractivity contribution >= 4 is 37.8 Å². The van der Waals surface area contributed by atoms with E-state index in [4.69, 9.17) is 5.73 Å². The maximum atomic E-state index is 11.2. The third-order valence-corrected chi connectivity index (χ3v) is 3.97. The topological polar surface area (TPSA) is 52.3 Å². The van der Waals surface area contributed by atoms with Gasteiger partial charge in [0.15, 0.2) is 0 Å². The summed E-state index contributed by atoms with van der Waals surface area (Å²) in [5.74, 6) is 0.00124. The number of hydrogen-bond acceptors (Lipinski definition) is 3. The molecular formula is C13H17Br2NO2. The summed E-state index contributed by atoms with van der Waals surface area (Å²) in [7, 11) is 1.40. The highest BCUT2D eigenvalue weighted by Crippen LogP contribution is 2.29. The highest BCUT2D eigenvalue weighted by Gasteiger charge is 2.16. The minimum Gasteiger partial charge on any atom is -0.469 e. The predicted octanol–water partition coefficient (Wildman–Crippen LogP) is 3.80. The third kappa shape index (κ3) is 4.71. The number of esters is 1. The van der Waals surface area contributed by atoms with Crippen molar-refractivity contribution in [2.24, 2.45) is 11.7 Å². The molecule has 1 aromatic rings. The molecule has 0 saturated heterocycles. The van der Waals surface area contributed by atoms with Crippen LogP contribution in [0.2, 0.25) is 0 Å². The number of hydrogen-bond donors (Lipinski definition) is 1. The summed E-state index contributed by atoms with van der Waals surface area (Å²) >= 11 is 6.92. The van der Waals surface area contributed by atoms with Gasteiger partial charge < -0.3 is 10.5 Å². The number of ether oxygens (including phenoxy) is 1. The molecule has 2 atom stereocenters. The van der Waals surface area contributed by atoms with E-state index in [1.54, 1.807) is 0 Å². The van der Waals surface area contributed by atoms with Crippen LogP contribution in [0.1, 0.15) is 31.4 Å². The molecule has 0 radical (unpaired) electrons. The van der Waals surface area contributed by atoms with Crippen LogP contribution in [-0.2, 0) is 9.53 Å². The maximum absolute atomic E-state index is 11.2. The van der Waals surface area contributed by atoms with Gasteiger partial charge in [-0.15, -0.1) is 0 Å². The standard InChI is InChI=1S/C13H17Br2NO2/c1-8(6-13(17)18-2)5-12(16)10-7-9(14)3-4-11(10)15/h3-4,7-8,12H,5-6,16H2,1-2H3. The Labute approximate surface area is 124 Å². The summed E-state index contributed by atoms with van der Waals surface area (Å²) in [6, 6.07) is 5.82. The molecule has 2 N–H and O–H groups in total. The van der Waals surface area contributed by atoms with E-state index in [9.17, 15) is 4.79 Å². The maximum Gasteiger partial charge on any atom is 0.305 e. The lowest BCUT2D eigenvalue weighted by Crippen LogP contribution is -2.17. The van der Waals surface area contributed by atoms with Crippen molar-refractivity contribution in [3.8, 4) is 0 Å². The number of nitrogens with two attached hydrogens (primary N) is 1. The fourth-order valence-electron chi connectivity index (χ4n) is 1.81. The first-order valence-corrected chi connectivity index (χ1v) is 7.30. The van der Waals surface area contributed by atoms with Crippen molar-refractivity contribution in [2.75, 3.05) is 7.11 Å². The number of carbonyl (C=O) groups excluding carboxylic acids is 1. The van der Waals surface area contributed by atoms with E-state index in [2.05, 4.69) is 36.6 Å². The Bertz CT molecular complexity index is 423. The molecule has 1 aromatic carbocycles. The Morgan fingerprint density at radius 1 is 1.44 bits per heavy atom. The van der Waals surface area contributed by atoms with Crippen LogP contribution in [0.3, 0.4) is 0 Å². The van der Waals surface area contributed by atoms with Gasteiger partial charge in [-0.3, -0.25) is 4.79 Å². The number of methoxy groups -OCH3 is 1. The first kappa shape index (κ1) is 15.7. The Morgan fingerprint density at radius 2 is 2.11 bits per heavy atom. The van der Waals surface area contributed by atoms with Crippen LogP contribution < -0.4 is 5.73 Å². The van der Waals surface area contributed by atoms with Gasteiger partial charge in [0.2, 0.25) is 0 Å². The number of rotatable bonds is 5. The molecule has 0 aromatic heterocycles. The van der Waals surface area contributed by atoms with Crippen LogP contribution in [0.4, 0.5) is 0 Å². The Hall–Kier alpha value is -0.390. The van der Waals surface area contributed by atoms with E-state index in [0.29, 0.717) is 6.42 Å². The quantitative estimate of drug-likeness (QED) is 0.792. The number of carbonyl (C=O) groups is 1. The van der Waals surface area contributed by atoms with Crippen molar-refractivity contribution in [1.29, 1.82) is 0 Å². The molecule has 0 amide bonds. The molecule has 0 heterocycles. The van der Waals surface area contributed by atoms with Gasteiger partial charge in [-0.2, -0.15) is 0 Å². The summed E-state index contributed by atoms with van der Waals surface area (Å²) in [6.45, 7) is 2.00. The van der Waals surface area contributed by atoms with Crippen molar-refractivity contribution in [1.82, 2.24) is 0 Å². The number of benzene rings is 1. The lowest BCUT2D eigenvalue weighted by Gasteiger charge is -2.18. The lowest BCUT2D eigenvalue weighted by atomic mass is 9.94. The molecule has 0 saturated carbocycles. The zero-order valence-corrected chi connectivity index (χ0v) is 13.6. The molecule has 3 nitrogen and oxygen atoms in total. The summed E-state index contributed by atoms with van der Waals surface area (Å²) in [5.41, 5.74) is 7.22. The molecule has 100 valence electrons. The molecule has 18 heavy (non-hydrogen) atoms. The van der Waals surface area contributed by atoms with Crippen LogP contribution >= 0.6 is 31.9 Å². The van der Waals surface area contributed by atoms with Crippen LogP contribution in [-0.4, -0.2) is 13.1 Å². The number of halogens is 2. The third-order valence-electron chi connectivity index (χ3n) is 2.76. The molecule has 0 bridgehead atoms. The molecule has 5 heteroatoms. The monoisotopic (exact) mass is 377 g/mol. The predicted molar refractivity (Wildman–Crippen MR) is 79.2 cm³/mol. The minimum atomic E-state index is -0.192. The van der Waals surface area contributed by atoms with Crippen molar-refractivity contribution in [3.63, 3.8) is 0 Å². The Morgan fingerprint density at radius 3 is 2.72 bits per heavy atom. The Kier molecular flexibility index (Phi) is 6.32. The van der Waals surface area contributed by atoms with E-state index in [1.165, 1.54) is 7.11 Å². The zero-order chi connectivity index (χ0) is 13.7. The van der Waals surface area contributed by atoms with Gasteiger partial charge in [0, 0.05) is 21.4 Å². The van der Waals surface area contributed by atoms with Crippen LogP contribution in [0.15, 0.2) is 27.1 Å². The van der Waals surface area contributed by atoms with Gasteiger partial charge in [0.1, 0.15) is 0 Å². The molecule has 0 spiro atoms. The van der Waals surface area contributed by atoms with E-state index in [0.717, 1.165) is 20.9 Å². The summed E-state index contributed by atoms with van der Waals surface area (Å²) in [5, 5.41) is 0. The van der Waals surface area contributed by atoms with Gasteiger partial charge in [0.25, 0.3) is 0 Å². The van der Waals surface area contributed by atoms with Crippen molar-refractivity contribution in [2.45, 2.75) is 25.8 Å². The average molecular weight is 379 g/mol. The molecule has 0 aliphatic heterocycles. The van der Waals surface area contributed by atoms with Crippen LogP contribution in [0.5, 0.6) is 0 Å². The molecule has 0 aliphatic carbocycles. The zero-order valence-electron chi connectivity index (χ0n) is 10.5. The van der Waals surface area contributed by atoms with Crippen LogP contribution in [0.25, 0.3) is 0 Å². The van der Waals surface area contributed by atoms with Gasteiger partial charge in [-0.25, -0.2) is 0 Å². The minimum absolute atomic E-state index is 0.100. The molecule has 0 aliphatic rings. The second-order valence-corrected chi connectivity index (χ2v) is 6.16. The summed E-state index contributed by atoms with van der Waals surface area (Å²) in [6.07, 6.45) is 1.14. The van der Waals surface area contributed by atoms with Crippen molar-refractivity contribution in [3.05, 3.63) is 32.7 Å². The second kappa shape index (κ2) is 7.26. The largest absolute Gasteiger partial charge is 0.469 e. The van der Waals surface area contributed by atoms with Gasteiger partial charge >= 0.3 is 5.97 Å². The molecular weight excluding hydrogens is 362 g/mol. The van der Waals surface area contributed by atoms with Crippen molar-refractivity contribution < 1.29 is 9.53 Å². The fraction of sp³-hybridized carbons (Fsp3) is 0.462. The van der Waals surface area contributed by atoms with Gasteiger partial charge in [-0.05, 0) is 36.1 Å². The summed E-state index contributed by atoms with van der Waals surface area (Å²) < 4.78 is 6.64. The first-order valence-electron chi connectivity index (χ1n) is 5.71. The SMILES string of the molecule is COC(=O)CC(C)CC(N)c1cc(Br)ccc1Br. The van der Waals surface area contributed by atoms with E-state index >= 15 is 0 Å². The highest BCUT2D eigenvalue weighted by atomic mass is 79.9. The average Bonchev–Trinajstić information content (AvgIpc) is 2.31.